The van der Waals surface area contributed by atoms with Crippen LogP contribution in [-0.2, 0) is 0 Å². The first kappa shape index (κ1) is 10.6. The molecule has 0 atom stereocenters. The van der Waals surface area contributed by atoms with E-state index in [1.54, 1.807) is 0 Å². The number of nitrogens with zero attached hydrogens (tertiary/aromatic N) is 2. The molecule has 2 heterocycles. The quantitative estimate of drug-likeness (QED) is 0.599. The number of para-hydroxylation sites is 4. The molecule has 0 aliphatic rings. The molecule has 0 bridgehead atoms. The predicted octanol–water partition coefficient (Wildman–Crippen LogP) is 3.86. The maximum atomic E-state index is 5.66. The Hall–Kier alpha value is -2.27. The van der Waals surface area contributed by atoms with Gasteiger partial charge in [0.15, 0.2) is 10.7 Å². The normalized spacial score (nSPS) is 11.4. The smallest absolute Gasteiger partial charge is 0.264 e. The van der Waals surface area contributed by atoms with Crippen LogP contribution in [0.25, 0.3) is 22.1 Å². The summed E-state index contributed by atoms with van der Waals surface area (Å²) in [6.45, 7) is 0. The molecular formula is C14H9N3OS. The van der Waals surface area contributed by atoms with E-state index in [2.05, 4.69) is 15.0 Å². The number of nitrogens with one attached hydrogen (secondary N) is 1. The van der Waals surface area contributed by atoms with Crippen LogP contribution in [-0.4, -0.2) is 15.0 Å². The molecule has 2 aromatic heterocycles. The van der Waals surface area contributed by atoms with Gasteiger partial charge in [0.25, 0.3) is 5.22 Å². The fourth-order valence-electron chi connectivity index (χ4n) is 1.96. The molecule has 0 aliphatic carbocycles. The van der Waals surface area contributed by atoms with Crippen LogP contribution in [0.3, 0.4) is 0 Å². The van der Waals surface area contributed by atoms with Crippen LogP contribution in [0, 0.1) is 0 Å². The molecule has 0 aliphatic heterocycles. The van der Waals surface area contributed by atoms with Gasteiger partial charge in [-0.1, -0.05) is 24.3 Å². The molecule has 2 aromatic carbocycles. The molecule has 0 spiro atoms. The summed E-state index contributed by atoms with van der Waals surface area (Å²) in [4.78, 5) is 12.1. The van der Waals surface area contributed by atoms with Crippen molar-refractivity contribution in [1.29, 1.82) is 0 Å². The Morgan fingerprint density at radius 2 is 1.68 bits per heavy atom. The molecular weight excluding hydrogens is 258 g/mol. The van der Waals surface area contributed by atoms with Crippen molar-refractivity contribution in [3.05, 3.63) is 48.5 Å². The summed E-state index contributed by atoms with van der Waals surface area (Å²) in [7, 11) is 0. The molecule has 0 saturated carbocycles. The Labute approximate surface area is 112 Å². The Balaban J connectivity index is 1.73. The number of aromatic nitrogens is 3. The predicted molar refractivity (Wildman–Crippen MR) is 74.2 cm³/mol. The van der Waals surface area contributed by atoms with Crippen LogP contribution in [0.4, 0.5) is 0 Å². The number of fused-ring (bicyclic) bond motifs is 2. The number of oxazole rings is 1. The molecule has 0 saturated heterocycles. The van der Waals surface area contributed by atoms with Gasteiger partial charge in [-0.05, 0) is 24.3 Å². The molecule has 92 valence electrons. The van der Waals surface area contributed by atoms with Gasteiger partial charge in [0.1, 0.15) is 5.52 Å². The van der Waals surface area contributed by atoms with Crippen LogP contribution in [0.1, 0.15) is 0 Å². The fourth-order valence-corrected chi connectivity index (χ4v) is 2.70. The summed E-state index contributed by atoms with van der Waals surface area (Å²) in [6.07, 6.45) is 0. The van der Waals surface area contributed by atoms with Gasteiger partial charge >= 0.3 is 0 Å². The summed E-state index contributed by atoms with van der Waals surface area (Å²) >= 11 is 1.39. The van der Waals surface area contributed by atoms with Crippen LogP contribution in [0.2, 0.25) is 0 Å². The van der Waals surface area contributed by atoms with E-state index in [1.807, 2.05) is 48.5 Å². The first-order valence-electron chi connectivity index (χ1n) is 5.87. The number of imidazole rings is 1. The monoisotopic (exact) mass is 267 g/mol. The van der Waals surface area contributed by atoms with Crippen LogP contribution < -0.4 is 0 Å². The average Bonchev–Trinajstić information content (AvgIpc) is 3.00. The van der Waals surface area contributed by atoms with Crippen molar-refractivity contribution in [3.8, 4) is 0 Å². The second-order valence-electron chi connectivity index (χ2n) is 4.11. The highest BCUT2D eigenvalue weighted by molar-refractivity contribution is 7.99. The molecule has 4 aromatic rings. The lowest BCUT2D eigenvalue weighted by Gasteiger charge is -1.88. The van der Waals surface area contributed by atoms with E-state index in [-0.39, 0.29) is 0 Å². The summed E-state index contributed by atoms with van der Waals surface area (Å²) in [5.74, 6) is 0. The Morgan fingerprint density at radius 3 is 2.53 bits per heavy atom. The summed E-state index contributed by atoms with van der Waals surface area (Å²) in [6, 6.07) is 15.6. The fraction of sp³-hybridized carbons (Fsp3) is 0. The molecule has 5 heteroatoms. The maximum absolute atomic E-state index is 5.66. The standard InChI is InChI=1S/C14H9N3OS/c1-2-6-10-9(5-1)15-13(16-10)19-14-17-11-7-3-4-8-12(11)18-14/h1-8H,(H,15,16). The SMILES string of the molecule is c1ccc2[nH]c(Sc3nc4ccccc4o3)nc2c1. The lowest BCUT2D eigenvalue weighted by molar-refractivity contribution is 0.489. The third kappa shape index (κ3) is 1.88. The van der Waals surface area contributed by atoms with E-state index in [0.717, 1.165) is 27.3 Å². The largest absolute Gasteiger partial charge is 0.431 e. The van der Waals surface area contributed by atoms with Crippen molar-refractivity contribution in [2.24, 2.45) is 0 Å². The third-order valence-corrected chi connectivity index (χ3v) is 3.56. The molecule has 1 N–H and O–H groups in total. The lowest BCUT2D eigenvalue weighted by atomic mass is 10.3. The van der Waals surface area contributed by atoms with E-state index in [9.17, 15) is 0 Å². The Kier molecular flexibility index (Phi) is 2.31. The minimum absolute atomic E-state index is 0.597. The van der Waals surface area contributed by atoms with Gasteiger partial charge in [-0.15, -0.1) is 0 Å². The number of hydrogen-bond donors (Lipinski definition) is 1. The zero-order valence-electron chi connectivity index (χ0n) is 9.83. The van der Waals surface area contributed by atoms with Crippen LogP contribution in [0.5, 0.6) is 0 Å². The summed E-state index contributed by atoms with van der Waals surface area (Å²) in [5.41, 5.74) is 3.62. The number of aromatic amines is 1. The van der Waals surface area contributed by atoms with Crippen molar-refractivity contribution < 1.29 is 4.42 Å². The topological polar surface area (TPSA) is 54.7 Å². The average molecular weight is 267 g/mol. The van der Waals surface area contributed by atoms with E-state index >= 15 is 0 Å². The molecule has 0 radical (unpaired) electrons. The van der Waals surface area contributed by atoms with Crippen LogP contribution >= 0.6 is 11.8 Å². The zero-order valence-corrected chi connectivity index (χ0v) is 10.6. The minimum Gasteiger partial charge on any atom is -0.431 e. The second-order valence-corrected chi connectivity index (χ2v) is 5.05. The zero-order chi connectivity index (χ0) is 12.7. The van der Waals surface area contributed by atoms with Crippen molar-refractivity contribution in [3.63, 3.8) is 0 Å². The minimum atomic E-state index is 0.597. The Morgan fingerprint density at radius 1 is 0.895 bits per heavy atom. The number of benzene rings is 2. The molecule has 4 rings (SSSR count). The molecule has 19 heavy (non-hydrogen) atoms. The van der Waals surface area contributed by atoms with E-state index in [4.69, 9.17) is 4.42 Å². The maximum Gasteiger partial charge on any atom is 0.264 e. The summed E-state index contributed by atoms with van der Waals surface area (Å²) < 4.78 is 5.66. The van der Waals surface area contributed by atoms with Crippen molar-refractivity contribution in [1.82, 2.24) is 15.0 Å². The van der Waals surface area contributed by atoms with Crippen molar-refractivity contribution in [2.45, 2.75) is 10.4 Å². The molecule has 4 nitrogen and oxygen atoms in total. The highest BCUT2D eigenvalue weighted by Gasteiger charge is 2.10. The Bertz CT molecular complexity index is 727. The first-order chi connectivity index (χ1) is 9.38. The van der Waals surface area contributed by atoms with Gasteiger partial charge in [0.05, 0.1) is 11.0 Å². The lowest BCUT2D eigenvalue weighted by Crippen LogP contribution is -1.74. The van der Waals surface area contributed by atoms with Gasteiger partial charge in [-0.3, -0.25) is 0 Å². The van der Waals surface area contributed by atoms with Gasteiger partial charge in [-0.2, -0.15) is 0 Å². The molecule has 0 fully saturated rings. The molecule has 0 unspecified atom stereocenters. The van der Waals surface area contributed by atoms with Crippen LogP contribution in [0.15, 0.2) is 63.3 Å². The third-order valence-electron chi connectivity index (χ3n) is 2.83. The van der Waals surface area contributed by atoms with Gasteiger partial charge in [-0.25, -0.2) is 9.97 Å². The van der Waals surface area contributed by atoms with Crippen molar-refractivity contribution in [2.75, 3.05) is 0 Å². The number of rotatable bonds is 2. The van der Waals surface area contributed by atoms with Gasteiger partial charge in [0.2, 0.25) is 0 Å². The van der Waals surface area contributed by atoms with Gasteiger partial charge in [0, 0.05) is 11.8 Å². The van der Waals surface area contributed by atoms with E-state index < -0.39 is 0 Å². The van der Waals surface area contributed by atoms with E-state index in [1.165, 1.54) is 11.8 Å². The summed E-state index contributed by atoms with van der Waals surface area (Å²) in [5, 5.41) is 1.38. The highest BCUT2D eigenvalue weighted by Crippen LogP contribution is 2.29. The number of H-pyrrole nitrogens is 1. The van der Waals surface area contributed by atoms with Gasteiger partial charge < -0.3 is 9.40 Å². The van der Waals surface area contributed by atoms with Crippen molar-refractivity contribution >= 4 is 33.9 Å². The molecule has 0 amide bonds. The first-order valence-corrected chi connectivity index (χ1v) is 6.68. The second kappa shape index (κ2) is 4.13. The highest BCUT2D eigenvalue weighted by atomic mass is 32.2. The number of hydrogen-bond acceptors (Lipinski definition) is 4. The van der Waals surface area contributed by atoms with E-state index in [0.29, 0.717) is 5.22 Å².